The fraction of sp³-hybridized carbons (Fsp3) is 0.727. The fourth-order valence-electron chi connectivity index (χ4n) is 1.06. The molecule has 0 aliphatic rings. The summed E-state index contributed by atoms with van der Waals surface area (Å²) in [4.78, 5) is 10.6. The van der Waals surface area contributed by atoms with Gasteiger partial charge >= 0.3 is 5.97 Å². The largest absolute Gasteiger partial charge is 0.478 e. The zero-order chi connectivity index (χ0) is 11.0. The van der Waals surface area contributed by atoms with Crippen LogP contribution in [0.1, 0.15) is 39.5 Å². The van der Waals surface area contributed by atoms with Gasteiger partial charge in [-0.25, -0.2) is 4.79 Å². The van der Waals surface area contributed by atoms with Crippen molar-refractivity contribution in [3.05, 3.63) is 12.2 Å². The van der Waals surface area contributed by atoms with Gasteiger partial charge in [-0.2, -0.15) is 11.8 Å². The van der Waals surface area contributed by atoms with Crippen molar-refractivity contribution in [1.82, 2.24) is 0 Å². The molecular formula is C11H20O2S. The number of hydrogen-bond donors (Lipinski definition) is 1. The molecular weight excluding hydrogens is 196 g/mol. The van der Waals surface area contributed by atoms with Gasteiger partial charge in [-0.3, -0.25) is 0 Å². The lowest BCUT2D eigenvalue weighted by Crippen LogP contribution is -2.10. The Bertz CT molecular complexity index is 190. The second kappa shape index (κ2) is 7.92. The number of carboxylic acid groups (broad SMARTS) is 1. The molecule has 1 atom stereocenters. The van der Waals surface area contributed by atoms with Crippen LogP contribution in [0.25, 0.3) is 0 Å². The van der Waals surface area contributed by atoms with Crippen molar-refractivity contribution < 1.29 is 9.90 Å². The summed E-state index contributed by atoms with van der Waals surface area (Å²) in [5.41, 5.74) is 0.311. The van der Waals surface area contributed by atoms with Gasteiger partial charge in [0.1, 0.15) is 0 Å². The highest BCUT2D eigenvalue weighted by molar-refractivity contribution is 8.00. The van der Waals surface area contributed by atoms with E-state index in [1.807, 2.05) is 6.92 Å². The third-order valence-electron chi connectivity index (χ3n) is 2.13. The summed E-state index contributed by atoms with van der Waals surface area (Å²) in [6, 6.07) is 0. The SMILES string of the molecule is C=C(C(=O)O)C(C)SCCCCCC. The van der Waals surface area contributed by atoms with Gasteiger partial charge < -0.3 is 5.11 Å². The van der Waals surface area contributed by atoms with Crippen molar-refractivity contribution in [2.45, 2.75) is 44.8 Å². The lowest BCUT2D eigenvalue weighted by molar-refractivity contribution is -0.132. The molecule has 14 heavy (non-hydrogen) atoms. The van der Waals surface area contributed by atoms with Crippen molar-refractivity contribution in [1.29, 1.82) is 0 Å². The van der Waals surface area contributed by atoms with Crippen LogP contribution in [0, 0.1) is 0 Å². The van der Waals surface area contributed by atoms with Crippen molar-refractivity contribution in [3.8, 4) is 0 Å². The highest BCUT2D eigenvalue weighted by Gasteiger charge is 2.12. The van der Waals surface area contributed by atoms with Crippen LogP contribution in [0.4, 0.5) is 0 Å². The van der Waals surface area contributed by atoms with Crippen LogP contribution in [-0.4, -0.2) is 22.1 Å². The van der Waals surface area contributed by atoms with Crippen molar-refractivity contribution in [3.63, 3.8) is 0 Å². The van der Waals surface area contributed by atoms with E-state index in [4.69, 9.17) is 5.11 Å². The number of thioether (sulfide) groups is 1. The Hall–Kier alpha value is -0.440. The molecule has 2 nitrogen and oxygen atoms in total. The number of carbonyl (C=O) groups is 1. The van der Waals surface area contributed by atoms with Crippen molar-refractivity contribution in [2.24, 2.45) is 0 Å². The normalized spacial score (nSPS) is 12.4. The van der Waals surface area contributed by atoms with Gasteiger partial charge in [-0.1, -0.05) is 32.8 Å². The molecule has 0 aliphatic heterocycles. The monoisotopic (exact) mass is 216 g/mol. The molecule has 0 bridgehead atoms. The summed E-state index contributed by atoms with van der Waals surface area (Å²) in [6.45, 7) is 7.64. The van der Waals surface area contributed by atoms with Crippen molar-refractivity contribution >= 4 is 17.7 Å². The van der Waals surface area contributed by atoms with E-state index in [0.29, 0.717) is 5.57 Å². The summed E-state index contributed by atoms with van der Waals surface area (Å²) in [7, 11) is 0. The van der Waals surface area contributed by atoms with Gasteiger partial charge in [0.25, 0.3) is 0 Å². The first-order valence-electron chi connectivity index (χ1n) is 5.13. The maximum absolute atomic E-state index is 10.6. The Labute approximate surface area is 90.8 Å². The molecule has 0 aromatic heterocycles. The van der Waals surface area contributed by atoms with Crippen LogP contribution >= 0.6 is 11.8 Å². The summed E-state index contributed by atoms with van der Waals surface area (Å²) in [6.07, 6.45) is 4.93. The number of rotatable bonds is 8. The molecule has 82 valence electrons. The Kier molecular flexibility index (Phi) is 7.67. The minimum Gasteiger partial charge on any atom is -0.478 e. The topological polar surface area (TPSA) is 37.3 Å². The lowest BCUT2D eigenvalue weighted by Gasteiger charge is -2.10. The number of unbranched alkanes of at least 4 members (excludes halogenated alkanes) is 3. The molecule has 3 heteroatoms. The Morgan fingerprint density at radius 2 is 2.07 bits per heavy atom. The Balaban J connectivity index is 3.49. The van der Waals surface area contributed by atoms with E-state index in [9.17, 15) is 4.79 Å². The first kappa shape index (κ1) is 13.6. The van der Waals surface area contributed by atoms with Gasteiger partial charge in [-0.15, -0.1) is 0 Å². The lowest BCUT2D eigenvalue weighted by atomic mass is 10.2. The van der Waals surface area contributed by atoms with Crippen LogP contribution in [-0.2, 0) is 4.79 Å². The Morgan fingerprint density at radius 3 is 2.57 bits per heavy atom. The fourth-order valence-corrected chi connectivity index (χ4v) is 2.09. The summed E-state index contributed by atoms with van der Waals surface area (Å²) < 4.78 is 0. The van der Waals surface area contributed by atoms with Crippen LogP contribution in [0.2, 0.25) is 0 Å². The van der Waals surface area contributed by atoms with Gasteiger partial charge in [0, 0.05) is 10.8 Å². The maximum atomic E-state index is 10.6. The minimum absolute atomic E-state index is 0.0362. The highest BCUT2D eigenvalue weighted by atomic mass is 32.2. The zero-order valence-corrected chi connectivity index (χ0v) is 9.90. The summed E-state index contributed by atoms with van der Waals surface area (Å²) >= 11 is 1.68. The van der Waals surface area contributed by atoms with E-state index in [1.54, 1.807) is 11.8 Å². The van der Waals surface area contributed by atoms with Crippen LogP contribution in [0.5, 0.6) is 0 Å². The molecule has 0 aliphatic carbocycles. The molecule has 1 N–H and O–H groups in total. The summed E-state index contributed by atoms with van der Waals surface area (Å²) in [5, 5.41) is 8.72. The zero-order valence-electron chi connectivity index (χ0n) is 9.08. The van der Waals surface area contributed by atoms with E-state index in [-0.39, 0.29) is 5.25 Å². The first-order valence-corrected chi connectivity index (χ1v) is 6.18. The first-order chi connectivity index (χ1) is 6.59. The minimum atomic E-state index is -0.876. The standard InChI is InChI=1S/C11H20O2S/c1-4-5-6-7-8-14-10(3)9(2)11(12)13/h10H,2,4-8H2,1,3H3,(H,12,13). The highest BCUT2D eigenvalue weighted by Crippen LogP contribution is 2.19. The predicted octanol–water partition coefficient (Wildman–Crippen LogP) is 3.33. The van der Waals surface area contributed by atoms with Crippen molar-refractivity contribution in [2.75, 3.05) is 5.75 Å². The molecule has 0 spiro atoms. The molecule has 0 saturated heterocycles. The predicted molar refractivity (Wildman–Crippen MR) is 62.8 cm³/mol. The van der Waals surface area contributed by atoms with E-state index >= 15 is 0 Å². The van der Waals surface area contributed by atoms with Gasteiger partial charge in [0.05, 0.1) is 0 Å². The van der Waals surface area contributed by atoms with Crippen LogP contribution < -0.4 is 0 Å². The molecule has 0 aromatic carbocycles. The second-order valence-corrected chi connectivity index (χ2v) is 4.85. The average molecular weight is 216 g/mol. The molecule has 0 heterocycles. The van der Waals surface area contributed by atoms with E-state index in [0.717, 1.165) is 5.75 Å². The Morgan fingerprint density at radius 1 is 1.43 bits per heavy atom. The second-order valence-electron chi connectivity index (χ2n) is 3.40. The average Bonchev–Trinajstić information content (AvgIpc) is 2.16. The molecule has 0 radical (unpaired) electrons. The molecule has 0 aromatic rings. The number of carboxylic acids is 1. The van der Waals surface area contributed by atoms with Gasteiger partial charge in [0.2, 0.25) is 0 Å². The smallest absolute Gasteiger partial charge is 0.332 e. The van der Waals surface area contributed by atoms with Crippen LogP contribution in [0.15, 0.2) is 12.2 Å². The third kappa shape index (κ3) is 6.08. The third-order valence-corrected chi connectivity index (χ3v) is 3.44. The molecule has 1 unspecified atom stereocenters. The molecule has 0 amide bonds. The maximum Gasteiger partial charge on any atom is 0.332 e. The van der Waals surface area contributed by atoms with Gasteiger partial charge in [-0.05, 0) is 19.1 Å². The molecule has 0 fully saturated rings. The molecule has 0 saturated carbocycles. The number of hydrogen-bond acceptors (Lipinski definition) is 2. The molecule has 0 rings (SSSR count). The number of aliphatic carboxylic acids is 1. The van der Waals surface area contributed by atoms with Gasteiger partial charge in [0.15, 0.2) is 0 Å². The quantitative estimate of drug-likeness (QED) is 0.499. The van der Waals surface area contributed by atoms with Crippen LogP contribution in [0.3, 0.4) is 0 Å². The van der Waals surface area contributed by atoms with E-state index < -0.39 is 5.97 Å². The summed E-state index contributed by atoms with van der Waals surface area (Å²) in [5.74, 6) is 0.159. The van der Waals surface area contributed by atoms with E-state index in [2.05, 4.69) is 13.5 Å². The van der Waals surface area contributed by atoms with E-state index in [1.165, 1.54) is 25.7 Å².